The molecule has 0 aromatic heterocycles. The Labute approximate surface area is 109 Å². The van der Waals surface area contributed by atoms with E-state index in [0.29, 0.717) is 6.54 Å². The van der Waals surface area contributed by atoms with Gasteiger partial charge in [0.25, 0.3) is 0 Å². The summed E-state index contributed by atoms with van der Waals surface area (Å²) in [6, 6.07) is 6.38. The number of aryl methyl sites for hydroxylation is 1. The van der Waals surface area contributed by atoms with Crippen LogP contribution >= 0.6 is 0 Å². The Morgan fingerprint density at radius 2 is 2.22 bits per heavy atom. The molecule has 1 N–H and O–H groups in total. The van der Waals surface area contributed by atoms with E-state index in [4.69, 9.17) is 4.74 Å². The Hall–Kier alpha value is -1.51. The Kier molecular flexibility index (Phi) is 3.60. The number of nitrogens with one attached hydrogen (secondary N) is 1. The van der Waals surface area contributed by atoms with Crippen molar-refractivity contribution in [3.63, 3.8) is 0 Å². The molecule has 0 saturated carbocycles. The Morgan fingerprint density at radius 1 is 1.44 bits per heavy atom. The van der Waals surface area contributed by atoms with E-state index in [1.807, 2.05) is 0 Å². The van der Waals surface area contributed by atoms with Crippen LogP contribution in [0.3, 0.4) is 0 Å². The van der Waals surface area contributed by atoms with Crippen molar-refractivity contribution in [3.8, 4) is 5.75 Å². The summed E-state index contributed by atoms with van der Waals surface area (Å²) >= 11 is 0. The molecule has 0 fully saturated rings. The third-order valence-electron chi connectivity index (χ3n) is 3.47. The van der Waals surface area contributed by atoms with Crippen molar-refractivity contribution in [3.05, 3.63) is 29.3 Å². The molecule has 1 aromatic rings. The Bertz CT molecular complexity index is 452. The fraction of sp³-hybridized carbons (Fsp3) is 0.533. The van der Waals surface area contributed by atoms with Crippen LogP contribution in [0, 0.1) is 0 Å². The monoisotopic (exact) mass is 247 g/mol. The van der Waals surface area contributed by atoms with Crippen molar-refractivity contribution in [1.29, 1.82) is 0 Å². The fourth-order valence-corrected chi connectivity index (χ4v) is 2.23. The highest BCUT2D eigenvalue weighted by atomic mass is 16.5. The third-order valence-corrected chi connectivity index (χ3v) is 3.47. The maximum atomic E-state index is 11.0. The second-order valence-electron chi connectivity index (χ2n) is 5.57. The zero-order chi connectivity index (χ0) is 13.2. The molecule has 1 aliphatic rings. The maximum absolute atomic E-state index is 11.0. The SMILES string of the molecule is CC(=O)NCC(C)(C)c1ccc2c(c1)CCCO2. The molecule has 3 nitrogen and oxygen atoms in total. The molecule has 0 atom stereocenters. The molecule has 0 spiro atoms. The number of carbonyl (C=O) groups excluding carboxylic acids is 1. The summed E-state index contributed by atoms with van der Waals surface area (Å²) in [6.45, 7) is 7.32. The van der Waals surface area contributed by atoms with E-state index in [-0.39, 0.29) is 11.3 Å². The first kappa shape index (κ1) is 12.9. The molecule has 98 valence electrons. The van der Waals surface area contributed by atoms with Crippen LogP contribution in [0.25, 0.3) is 0 Å². The molecular weight excluding hydrogens is 226 g/mol. The average molecular weight is 247 g/mol. The molecule has 1 amide bonds. The van der Waals surface area contributed by atoms with Crippen molar-refractivity contribution in [2.45, 2.75) is 39.0 Å². The van der Waals surface area contributed by atoms with Gasteiger partial charge in [-0.25, -0.2) is 0 Å². The number of benzene rings is 1. The van der Waals surface area contributed by atoms with E-state index in [9.17, 15) is 4.79 Å². The van der Waals surface area contributed by atoms with Crippen molar-refractivity contribution in [2.24, 2.45) is 0 Å². The van der Waals surface area contributed by atoms with Crippen molar-refractivity contribution in [2.75, 3.05) is 13.2 Å². The predicted octanol–water partition coefficient (Wildman–Crippen LogP) is 2.43. The predicted molar refractivity (Wildman–Crippen MR) is 72.0 cm³/mol. The minimum atomic E-state index is -0.0574. The van der Waals surface area contributed by atoms with Crippen LogP contribution in [0.15, 0.2) is 18.2 Å². The largest absolute Gasteiger partial charge is 0.493 e. The first-order valence-electron chi connectivity index (χ1n) is 6.50. The summed E-state index contributed by atoms with van der Waals surface area (Å²) in [5.41, 5.74) is 2.48. The van der Waals surface area contributed by atoms with E-state index < -0.39 is 0 Å². The molecule has 1 aromatic carbocycles. The minimum absolute atomic E-state index is 0.0179. The lowest BCUT2D eigenvalue weighted by molar-refractivity contribution is -0.119. The highest BCUT2D eigenvalue weighted by molar-refractivity contribution is 5.72. The van der Waals surface area contributed by atoms with Gasteiger partial charge in [-0.3, -0.25) is 4.79 Å². The Balaban J connectivity index is 2.19. The number of hydrogen-bond acceptors (Lipinski definition) is 2. The fourth-order valence-electron chi connectivity index (χ4n) is 2.23. The highest BCUT2D eigenvalue weighted by Gasteiger charge is 2.22. The standard InChI is InChI=1S/C15H21NO2/c1-11(17)16-10-15(2,3)13-6-7-14-12(9-13)5-4-8-18-14/h6-7,9H,4-5,8,10H2,1-3H3,(H,16,17). The number of carbonyl (C=O) groups is 1. The summed E-state index contributed by atoms with van der Waals surface area (Å²) in [5.74, 6) is 1.03. The van der Waals surface area contributed by atoms with Crippen LogP contribution in [0.2, 0.25) is 0 Å². The lowest BCUT2D eigenvalue weighted by Crippen LogP contribution is -2.35. The smallest absolute Gasteiger partial charge is 0.216 e. The van der Waals surface area contributed by atoms with Crippen molar-refractivity contribution >= 4 is 5.91 Å². The molecular formula is C15H21NO2. The van der Waals surface area contributed by atoms with Crippen LogP contribution in [-0.4, -0.2) is 19.1 Å². The normalized spacial score (nSPS) is 14.6. The first-order valence-corrected chi connectivity index (χ1v) is 6.50. The molecule has 18 heavy (non-hydrogen) atoms. The first-order chi connectivity index (χ1) is 8.49. The van der Waals surface area contributed by atoms with Gasteiger partial charge < -0.3 is 10.1 Å². The van der Waals surface area contributed by atoms with Gasteiger partial charge in [-0.15, -0.1) is 0 Å². The highest BCUT2D eigenvalue weighted by Crippen LogP contribution is 2.30. The van der Waals surface area contributed by atoms with Gasteiger partial charge in [0.1, 0.15) is 5.75 Å². The molecule has 0 saturated heterocycles. The van der Waals surface area contributed by atoms with E-state index >= 15 is 0 Å². The van der Waals surface area contributed by atoms with Gasteiger partial charge in [-0.2, -0.15) is 0 Å². The third kappa shape index (κ3) is 2.84. The molecule has 0 radical (unpaired) electrons. The van der Waals surface area contributed by atoms with E-state index in [2.05, 4.69) is 37.4 Å². The molecule has 0 bridgehead atoms. The molecule has 3 heteroatoms. The van der Waals surface area contributed by atoms with Crippen molar-refractivity contribution in [1.82, 2.24) is 5.32 Å². The topological polar surface area (TPSA) is 38.3 Å². The Morgan fingerprint density at radius 3 is 2.94 bits per heavy atom. The molecule has 1 aliphatic heterocycles. The number of ether oxygens (including phenoxy) is 1. The zero-order valence-corrected chi connectivity index (χ0v) is 11.4. The second kappa shape index (κ2) is 5.01. The van der Waals surface area contributed by atoms with Gasteiger partial charge in [-0.1, -0.05) is 26.0 Å². The summed E-state index contributed by atoms with van der Waals surface area (Å²) < 4.78 is 5.62. The lowest BCUT2D eigenvalue weighted by Gasteiger charge is -2.27. The maximum Gasteiger partial charge on any atom is 0.216 e. The van der Waals surface area contributed by atoms with E-state index in [0.717, 1.165) is 25.2 Å². The van der Waals surface area contributed by atoms with Gasteiger partial charge in [0.2, 0.25) is 5.91 Å². The number of amides is 1. The van der Waals surface area contributed by atoms with Gasteiger partial charge in [0.05, 0.1) is 6.61 Å². The number of fused-ring (bicyclic) bond motifs is 1. The van der Waals surface area contributed by atoms with Crippen LogP contribution in [-0.2, 0) is 16.6 Å². The molecule has 0 aliphatic carbocycles. The summed E-state index contributed by atoms with van der Waals surface area (Å²) in [4.78, 5) is 11.0. The number of hydrogen-bond donors (Lipinski definition) is 1. The summed E-state index contributed by atoms with van der Waals surface area (Å²) in [7, 11) is 0. The van der Waals surface area contributed by atoms with Crippen LogP contribution < -0.4 is 10.1 Å². The lowest BCUT2D eigenvalue weighted by atomic mass is 9.83. The van der Waals surface area contributed by atoms with Gasteiger partial charge >= 0.3 is 0 Å². The molecule has 0 unspecified atom stereocenters. The van der Waals surface area contributed by atoms with Gasteiger partial charge in [-0.05, 0) is 30.0 Å². The van der Waals surface area contributed by atoms with Crippen LogP contribution in [0.1, 0.15) is 38.3 Å². The van der Waals surface area contributed by atoms with Gasteiger partial charge in [0, 0.05) is 18.9 Å². The summed E-state index contributed by atoms with van der Waals surface area (Å²) in [5, 5.41) is 2.89. The van der Waals surface area contributed by atoms with Gasteiger partial charge in [0.15, 0.2) is 0 Å². The zero-order valence-electron chi connectivity index (χ0n) is 11.4. The van der Waals surface area contributed by atoms with Crippen LogP contribution in [0.4, 0.5) is 0 Å². The van der Waals surface area contributed by atoms with E-state index in [1.165, 1.54) is 11.1 Å². The number of rotatable bonds is 3. The summed E-state index contributed by atoms with van der Waals surface area (Å²) in [6.07, 6.45) is 2.17. The van der Waals surface area contributed by atoms with E-state index in [1.54, 1.807) is 6.92 Å². The van der Waals surface area contributed by atoms with Crippen molar-refractivity contribution < 1.29 is 9.53 Å². The minimum Gasteiger partial charge on any atom is -0.493 e. The van der Waals surface area contributed by atoms with Crippen LogP contribution in [0.5, 0.6) is 5.75 Å². The quantitative estimate of drug-likeness (QED) is 0.891. The molecule has 1 heterocycles. The second-order valence-corrected chi connectivity index (χ2v) is 5.57. The average Bonchev–Trinajstić information content (AvgIpc) is 2.36. The molecule has 2 rings (SSSR count).